The molecule has 0 saturated carbocycles. The Balaban J connectivity index is 2.31. The summed E-state index contributed by atoms with van der Waals surface area (Å²) >= 11 is 0. The highest BCUT2D eigenvalue weighted by molar-refractivity contribution is 6.34. The Hall–Kier alpha value is -3.36. The second-order valence-electron chi connectivity index (χ2n) is 6.36. The van der Waals surface area contributed by atoms with E-state index in [4.69, 9.17) is 9.47 Å². The van der Waals surface area contributed by atoms with Crippen LogP contribution >= 0.6 is 0 Å². The van der Waals surface area contributed by atoms with Crippen LogP contribution in [0.3, 0.4) is 0 Å². The van der Waals surface area contributed by atoms with E-state index < -0.39 is 17.6 Å². The van der Waals surface area contributed by atoms with Gasteiger partial charge in [0.05, 0.1) is 12.7 Å². The van der Waals surface area contributed by atoms with Gasteiger partial charge >= 0.3 is 5.97 Å². The summed E-state index contributed by atoms with van der Waals surface area (Å²) in [5, 5.41) is 30.7. The van der Waals surface area contributed by atoms with Gasteiger partial charge in [-0.25, -0.2) is 4.79 Å². The summed E-state index contributed by atoms with van der Waals surface area (Å²) in [6.07, 6.45) is 0. The molecule has 29 heavy (non-hydrogen) atoms. The van der Waals surface area contributed by atoms with Crippen LogP contribution in [-0.4, -0.2) is 58.3 Å². The van der Waals surface area contributed by atoms with Crippen LogP contribution in [0.1, 0.15) is 18.1 Å². The van der Waals surface area contributed by atoms with Crippen molar-refractivity contribution >= 4 is 23.0 Å². The first-order valence-electron chi connectivity index (χ1n) is 8.88. The highest BCUT2D eigenvalue weighted by Gasteiger charge is 2.57. The molecule has 3 rings (SSSR count). The number of benzene rings is 2. The Morgan fingerprint density at radius 1 is 1.00 bits per heavy atom. The van der Waals surface area contributed by atoms with Crippen molar-refractivity contribution in [1.82, 2.24) is 4.90 Å². The maximum Gasteiger partial charge on any atom is 0.364 e. The molecule has 1 aliphatic heterocycles. The molecule has 2 aromatic carbocycles. The average Bonchev–Trinajstić information content (AvgIpc) is 2.94. The minimum Gasteiger partial charge on any atom is -0.508 e. The van der Waals surface area contributed by atoms with Gasteiger partial charge < -0.3 is 24.8 Å². The quantitative estimate of drug-likeness (QED) is 0.633. The first-order valence-corrected chi connectivity index (χ1v) is 8.88. The number of rotatable bonds is 6. The number of carbonyl (C=O) groups excluding carboxylic acids is 2. The molecule has 0 unspecified atom stereocenters. The van der Waals surface area contributed by atoms with Crippen molar-refractivity contribution in [2.75, 3.05) is 20.4 Å². The van der Waals surface area contributed by atoms with Crippen LogP contribution in [0.2, 0.25) is 0 Å². The number of carbonyl (C=O) groups is 2. The molecule has 152 valence electrons. The number of aromatic hydroxyl groups is 2. The van der Waals surface area contributed by atoms with E-state index in [0.29, 0.717) is 11.1 Å². The van der Waals surface area contributed by atoms with Crippen LogP contribution in [0.15, 0.2) is 48.5 Å². The summed E-state index contributed by atoms with van der Waals surface area (Å²) in [5.41, 5.74) is -1.66. The van der Waals surface area contributed by atoms with E-state index in [9.17, 15) is 24.9 Å². The van der Waals surface area contributed by atoms with Crippen molar-refractivity contribution < 1.29 is 34.4 Å². The normalized spacial score (nSPS) is 19.0. The summed E-state index contributed by atoms with van der Waals surface area (Å²) in [4.78, 5) is 26.9. The molecule has 3 N–H and O–H groups in total. The highest BCUT2D eigenvalue weighted by atomic mass is 16.6. The largest absolute Gasteiger partial charge is 0.508 e. The van der Waals surface area contributed by atoms with E-state index in [2.05, 4.69) is 0 Å². The number of nitrogens with zero attached hydrogens (tertiary/aromatic N) is 1. The molecule has 1 aliphatic rings. The first-order chi connectivity index (χ1) is 13.8. The molecule has 0 aromatic heterocycles. The number of methoxy groups -OCH3 is 1. The number of esters is 1. The fourth-order valence-electron chi connectivity index (χ4n) is 3.26. The molecule has 1 amide bonds. The summed E-state index contributed by atoms with van der Waals surface area (Å²) in [6, 6.07) is 11.5. The van der Waals surface area contributed by atoms with Gasteiger partial charge in [0.1, 0.15) is 18.2 Å². The van der Waals surface area contributed by atoms with Crippen LogP contribution in [0.5, 0.6) is 11.5 Å². The minimum absolute atomic E-state index is 0.000238. The molecule has 0 aliphatic carbocycles. The zero-order valence-electron chi connectivity index (χ0n) is 16.0. The number of phenolic OH excluding ortho intramolecular Hbond substituents is 2. The van der Waals surface area contributed by atoms with Crippen molar-refractivity contribution in [3.63, 3.8) is 0 Å². The van der Waals surface area contributed by atoms with Gasteiger partial charge in [0, 0.05) is 12.2 Å². The number of ether oxygens (including phenoxy) is 2. The molecule has 0 bridgehead atoms. The van der Waals surface area contributed by atoms with E-state index >= 15 is 0 Å². The van der Waals surface area contributed by atoms with E-state index in [1.165, 1.54) is 48.5 Å². The third-order valence-corrected chi connectivity index (χ3v) is 4.65. The molecule has 2 aromatic rings. The Morgan fingerprint density at radius 2 is 1.52 bits per heavy atom. The van der Waals surface area contributed by atoms with Crippen LogP contribution in [-0.2, 0) is 19.1 Å². The lowest BCUT2D eigenvalue weighted by molar-refractivity contribution is -0.183. The van der Waals surface area contributed by atoms with Crippen LogP contribution in [0, 0.1) is 0 Å². The second kappa shape index (κ2) is 7.94. The van der Waals surface area contributed by atoms with Gasteiger partial charge in [0.25, 0.3) is 11.6 Å². The molecule has 8 nitrogen and oxygen atoms in total. The maximum atomic E-state index is 13.3. The topological polar surface area (TPSA) is 117 Å². The SMILES string of the molecule is CCOCN1C(=O)C(c2ccc(O)cc2)=C(c2ccc(O)cc2)[C@@]1(O)C(=O)OC. The van der Waals surface area contributed by atoms with Crippen molar-refractivity contribution in [1.29, 1.82) is 0 Å². The van der Waals surface area contributed by atoms with Gasteiger partial charge in [-0.3, -0.25) is 9.69 Å². The van der Waals surface area contributed by atoms with Gasteiger partial charge in [-0.15, -0.1) is 0 Å². The summed E-state index contributed by atoms with van der Waals surface area (Å²) in [5.74, 6) is -1.71. The zero-order valence-corrected chi connectivity index (χ0v) is 16.0. The summed E-state index contributed by atoms with van der Waals surface area (Å²) in [6.45, 7) is 1.63. The van der Waals surface area contributed by atoms with Crippen LogP contribution in [0.4, 0.5) is 0 Å². The lowest BCUT2D eigenvalue weighted by atomic mass is 9.90. The monoisotopic (exact) mass is 399 g/mol. The number of aliphatic hydroxyl groups is 1. The molecule has 1 atom stereocenters. The molecular weight excluding hydrogens is 378 g/mol. The minimum atomic E-state index is -2.44. The standard InChI is InChI=1S/C21H21NO7/c1-3-29-12-22-19(25)17(13-4-8-15(23)9-5-13)18(21(22,27)20(26)28-2)14-6-10-16(24)11-7-14/h4-11,23-24,27H,3,12H2,1-2H3/t21-/m1/s1. The average molecular weight is 399 g/mol. The van der Waals surface area contributed by atoms with E-state index in [1.807, 2.05) is 0 Å². The van der Waals surface area contributed by atoms with Crippen molar-refractivity contribution in [3.05, 3.63) is 59.7 Å². The third kappa shape index (κ3) is 3.43. The van der Waals surface area contributed by atoms with Crippen LogP contribution in [0.25, 0.3) is 11.1 Å². The first kappa shape index (κ1) is 20.4. The molecule has 0 radical (unpaired) electrons. The van der Waals surface area contributed by atoms with Crippen molar-refractivity contribution in [2.24, 2.45) is 0 Å². The zero-order chi connectivity index (χ0) is 21.2. The lowest BCUT2D eigenvalue weighted by Crippen LogP contribution is -2.55. The predicted octanol–water partition coefficient (Wildman–Crippen LogP) is 1.71. The van der Waals surface area contributed by atoms with Crippen molar-refractivity contribution in [2.45, 2.75) is 12.6 Å². The molecule has 8 heteroatoms. The molecular formula is C21H21NO7. The van der Waals surface area contributed by atoms with Gasteiger partial charge in [-0.2, -0.15) is 0 Å². The van der Waals surface area contributed by atoms with Crippen LogP contribution < -0.4 is 0 Å². The Bertz CT molecular complexity index is 950. The number of hydrogen-bond acceptors (Lipinski definition) is 7. The smallest absolute Gasteiger partial charge is 0.364 e. The van der Waals surface area contributed by atoms with E-state index in [0.717, 1.165) is 12.0 Å². The number of amides is 1. The fraction of sp³-hybridized carbons (Fsp3) is 0.238. The summed E-state index contributed by atoms with van der Waals surface area (Å²) < 4.78 is 10.1. The number of hydrogen-bond donors (Lipinski definition) is 3. The Kier molecular flexibility index (Phi) is 5.58. The van der Waals surface area contributed by atoms with E-state index in [-0.39, 0.29) is 36.0 Å². The Morgan fingerprint density at radius 3 is 2.00 bits per heavy atom. The summed E-state index contributed by atoms with van der Waals surface area (Å²) in [7, 11) is 1.11. The number of phenols is 2. The third-order valence-electron chi connectivity index (χ3n) is 4.65. The van der Waals surface area contributed by atoms with E-state index in [1.54, 1.807) is 6.92 Å². The molecule has 0 saturated heterocycles. The van der Waals surface area contributed by atoms with Gasteiger partial charge in [0.2, 0.25) is 0 Å². The second-order valence-corrected chi connectivity index (χ2v) is 6.36. The Labute approximate surface area is 167 Å². The predicted molar refractivity (Wildman–Crippen MR) is 103 cm³/mol. The molecule has 0 fully saturated rings. The van der Waals surface area contributed by atoms with Gasteiger partial charge in [-0.05, 0) is 42.3 Å². The van der Waals surface area contributed by atoms with Crippen molar-refractivity contribution in [3.8, 4) is 11.5 Å². The van der Waals surface area contributed by atoms with Gasteiger partial charge in [0.15, 0.2) is 0 Å². The molecule has 0 spiro atoms. The van der Waals surface area contributed by atoms with Gasteiger partial charge in [-0.1, -0.05) is 24.3 Å². The highest BCUT2D eigenvalue weighted by Crippen LogP contribution is 2.45. The molecule has 1 heterocycles. The lowest BCUT2D eigenvalue weighted by Gasteiger charge is -2.33. The maximum absolute atomic E-state index is 13.3. The fourth-order valence-corrected chi connectivity index (χ4v) is 3.26.